The lowest BCUT2D eigenvalue weighted by atomic mass is 10.0. The van der Waals surface area contributed by atoms with Crippen LogP contribution in [0, 0.1) is 0 Å². The van der Waals surface area contributed by atoms with Crippen LogP contribution in [0.5, 0.6) is 0 Å². The van der Waals surface area contributed by atoms with Crippen molar-refractivity contribution in [2.75, 3.05) is 5.75 Å². The zero-order valence-electron chi connectivity index (χ0n) is 14.2. The highest BCUT2D eigenvalue weighted by atomic mass is 32.2. The summed E-state index contributed by atoms with van der Waals surface area (Å²) in [7, 11) is 0. The van der Waals surface area contributed by atoms with Crippen LogP contribution in [0.15, 0.2) is 59.5 Å². The van der Waals surface area contributed by atoms with Crippen molar-refractivity contribution >= 4 is 23.6 Å². The first-order chi connectivity index (χ1) is 12.1. The molecule has 0 bridgehead atoms. The Morgan fingerprint density at radius 2 is 1.84 bits per heavy atom. The quantitative estimate of drug-likeness (QED) is 0.862. The summed E-state index contributed by atoms with van der Waals surface area (Å²) in [5.41, 5.74) is 2.12. The maximum atomic E-state index is 12.6. The summed E-state index contributed by atoms with van der Waals surface area (Å²) in [5.74, 6) is 0.811. The van der Waals surface area contributed by atoms with Crippen LogP contribution < -0.4 is 10.6 Å². The molecule has 0 aromatic heterocycles. The Morgan fingerprint density at radius 3 is 2.60 bits per heavy atom. The van der Waals surface area contributed by atoms with E-state index < -0.39 is 0 Å². The van der Waals surface area contributed by atoms with Crippen molar-refractivity contribution in [1.29, 1.82) is 0 Å². The molecule has 1 heterocycles. The Bertz CT molecular complexity index is 748. The van der Waals surface area contributed by atoms with E-state index in [0.29, 0.717) is 0 Å². The fourth-order valence-electron chi connectivity index (χ4n) is 3.11. The first-order valence-corrected chi connectivity index (χ1v) is 9.45. The number of nitrogens with one attached hydrogen (secondary N) is 2. The van der Waals surface area contributed by atoms with Gasteiger partial charge in [0.05, 0.1) is 18.5 Å². The van der Waals surface area contributed by atoms with E-state index in [0.717, 1.165) is 17.7 Å². The van der Waals surface area contributed by atoms with Gasteiger partial charge in [-0.3, -0.25) is 9.59 Å². The van der Waals surface area contributed by atoms with Gasteiger partial charge in [0.2, 0.25) is 11.8 Å². The van der Waals surface area contributed by atoms with E-state index in [-0.39, 0.29) is 30.3 Å². The number of carbonyl (C=O) groups is 2. The molecule has 25 heavy (non-hydrogen) atoms. The number of fused-ring (bicyclic) bond motifs is 1. The second-order valence-corrected chi connectivity index (χ2v) is 7.30. The number of carbonyl (C=O) groups excluding carboxylic acids is 2. The summed E-state index contributed by atoms with van der Waals surface area (Å²) in [6.45, 7) is 1.47. The molecule has 0 saturated carbocycles. The third-order valence-corrected chi connectivity index (χ3v) is 5.39. The molecule has 0 unspecified atom stereocenters. The SMILES string of the molecule is CC(=O)N[C@H](CC(=O)N[C@H]1CCSc2ccccc21)c1ccccc1. The van der Waals surface area contributed by atoms with Gasteiger partial charge in [0.15, 0.2) is 0 Å². The molecular weight excluding hydrogens is 332 g/mol. The predicted molar refractivity (Wildman–Crippen MR) is 100 cm³/mol. The van der Waals surface area contributed by atoms with Gasteiger partial charge in [-0.05, 0) is 23.6 Å². The molecular formula is C20H22N2O2S. The summed E-state index contributed by atoms with van der Waals surface area (Å²) >= 11 is 1.83. The minimum atomic E-state index is -0.313. The van der Waals surface area contributed by atoms with Crippen molar-refractivity contribution < 1.29 is 9.59 Å². The predicted octanol–water partition coefficient (Wildman–Crippen LogP) is 3.61. The van der Waals surface area contributed by atoms with E-state index in [1.807, 2.05) is 54.2 Å². The van der Waals surface area contributed by atoms with Crippen LogP contribution in [0.3, 0.4) is 0 Å². The zero-order chi connectivity index (χ0) is 17.6. The van der Waals surface area contributed by atoms with Crippen LogP contribution >= 0.6 is 11.8 Å². The summed E-state index contributed by atoms with van der Waals surface area (Å²) in [6.07, 6.45) is 1.15. The Labute approximate surface area is 152 Å². The average molecular weight is 354 g/mol. The minimum absolute atomic E-state index is 0.0405. The van der Waals surface area contributed by atoms with Gasteiger partial charge >= 0.3 is 0 Å². The Hall–Kier alpha value is -2.27. The molecule has 2 aromatic carbocycles. The van der Waals surface area contributed by atoms with Crippen molar-refractivity contribution in [3.05, 3.63) is 65.7 Å². The number of thioether (sulfide) groups is 1. The number of hydrogen-bond acceptors (Lipinski definition) is 3. The maximum absolute atomic E-state index is 12.6. The van der Waals surface area contributed by atoms with Crippen LogP contribution in [0.4, 0.5) is 0 Å². The van der Waals surface area contributed by atoms with E-state index in [2.05, 4.69) is 22.8 Å². The molecule has 3 rings (SSSR count). The van der Waals surface area contributed by atoms with Crippen molar-refractivity contribution in [2.24, 2.45) is 0 Å². The molecule has 1 aliphatic heterocycles. The highest BCUT2D eigenvalue weighted by Crippen LogP contribution is 2.35. The van der Waals surface area contributed by atoms with Crippen LogP contribution in [-0.2, 0) is 9.59 Å². The van der Waals surface area contributed by atoms with Gasteiger partial charge in [-0.15, -0.1) is 11.8 Å². The molecule has 0 aliphatic carbocycles. The number of amides is 2. The van der Waals surface area contributed by atoms with Gasteiger partial charge in [-0.2, -0.15) is 0 Å². The highest BCUT2D eigenvalue weighted by molar-refractivity contribution is 7.99. The lowest BCUT2D eigenvalue weighted by Crippen LogP contribution is -2.35. The average Bonchev–Trinajstić information content (AvgIpc) is 2.62. The van der Waals surface area contributed by atoms with Gasteiger partial charge in [0.1, 0.15) is 0 Å². The lowest BCUT2D eigenvalue weighted by Gasteiger charge is -2.27. The van der Waals surface area contributed by atoms with Crippen molar-refractivity contribution in [1.82, 2.24) is 10.6 Å². The van der Waals surface area contributed by atoms with Gasteiger partial charge < -0.3 is 10.6 Å². The molecule has 5 heteroatoms. The molecule has 2 amide bonds. The third-order valence-electron chi connectivity index (χ3n) is 4.26. The zero-order valence-corrected chi connectivity index (χ0v) is 15.0. The first kappa shape index (κ1) is 17.5. The van der Waals surface area contributed by atoms with Crippen LogP contribution in [0.1, 0.15) is 43.0 Å². The van der Waals surface area contributed by atoms with Crippen LogP contribution in [0.25, 0.3) is 0 Å². The first-order valence-electron chi connectivity index (χ1n) is 8.46. The fourth-order valence-corrected chi connectivity index (χ4v) is 4.24. The molecule has 2 N–H and O–H groups in total. The molecule has 0 fully saturated rings. The topological polar surface area (TPSA) is 58.2 Å². The Morgan fingerprint density at radius 1 is 1.12 bits per heavy atom. The highest BCUT2D eigenvalue weighted by Gasteiger charge is 2.24. The maximum Gasteiger partial charge on any atom is 0.222 e. The number of rotatable bonds is 5. The van der Waals surface area contributed by atoms with E-state index >= 15 is 0 Å². The van der Waals surface area contributed by atoms with Crippen LogP contribution in [-0.4, -0.2) is 17.6 Å². The fraction of sp³-hybridized carbons (Fsp3) is 0.300. The lowest BCUT2D eigenvalue weighted by molar-refractivity contribution is -0.123. The molecule has 1 aliphatic rings. The number of benzene rings is 2. The Balaban J connectivity index is 1.69. The minimum Gasteiger partial charge on any atom is -0.349 e. The Kier molecular flexibility index (Phi) is 5.76. The van der Waals surface area contributed by atoms with Crippen molar-refractivity contribution in [3.63, 3.8) is 0 Å². The summed E-state index contributed by atoms with van der Waals surface area (Å²) in [6, 6.07) is 17.5. The molecule has 130 valence electrons. The standard InChI is InChI=1S/C20H22N2O2S/c1-14(23)21-18(15-7-3-2-4-8-15)13-20(24)22-17-11-12-25-19-10-6-5-9-16(17)19/h2-10,17-18H,11-13H2,1H3,(H,21,23)(H,22,24)/t17-,18+/m0/s1. The second-order valence-electron chi connectivity index (χ2n) is 6.16. The molecule has 0 spiro atoms. The molecule has 2 atom stereocenters. The van der Waals surface area contributed by atoms with Gasteiger partial charge in [-0.25, -0.2) is 0 Å². The van der Waals surface area contributed by atoms with E-state index in [1.165, 1.54) is 17.4 Å². The van der Waals surface area contributed by atoms with Crippen molar-refractivity contribution in [3.8, 4) is 0 Å². The van der Waals surface area contributed by atoms with E-state index in [4.69, 9.17) is 0 Å². The monoisotopic (exact) mass is 354 g/mol. The molecule has 0 saturated heterocycles. The van der Waals surface area contributed by atoms with Gasteiger partial charge in [0.25, 0.3) is 0 Å². The summed E-state index contributed by atoms with van der Waals surface area (Å²) in [4.78, 5) is 25.4. The van der Waals surface area contributed by atoms with Crippen LogP contribution in [0.2, 0.25) is 0 Å². The number of hydrogen-bond donors (Lipinski definition) is 2. The molecule has 4 nitrogen and oxygen atoms in total. The third kappa shape index (κ3) is 4.63. The van der Waals surface area contributed by atoms with Gasteiger partial charge in [0, 0.05) is 17.6 Å². The smallest absolute Gasteiger partial charge is 0.222 e. The molecule has 2 aromatic rings. The van der Waals surface area contributed by atoms with Gasteiger partial charge in [-0.1, -0.05) is 48.5 Å². The van der Waals surface area contributed by atoms with E-state index in [9.17, 15) is 9.59 Å². The summed E-state index contributed by atoms with van der Waals surface area (Å²) in [5, 5.41) is 6.02. The van der Waals surface area contributed by atoms with Crippen molar-refractivity contribution in [2.45, 2.75) is 36.7 Å². The van der Waals surface area contributed by atoms with E-state index in [1.54, 1.807) is 0 Å². The molecule has 0 radical (unpaired) electrons. The normalized spacial score (nSPS) is 17.2. The largest absolute Gasteiger partial charge is 0.349 e. The second kappa shape index (κ2) is 8.21. The summed E-state index contributed by atoms with van der Waals surface area (Å²) < 4.78 is 0.